The molecule has 3 heterocycles. The maximum Gasteiger partial charge on any atom is 0.263 e. The molecule has 0 radical (unpaired) electrons. The molecule has 2 aromatic heterocycles. The maximum atomic E-state index is 13.1. The first-order valence-corrected chi connectivity index (χ1v) is 11.5. The van der Waals surface area contributed by atoms with E-state index in [1.165, 1.54) is 18.2 Å². The van der Waals surface area contributed by atoms with Crippen molar-refractivity contribution in [2.24, 2.45) is 0 Å². The SMILES string of the molecule is Cc1sc2nc(SCC(=O)N3[C@H](C)CCC[C@H]3C)n(C(C)C)c(=O)c2c1C. The van der Waals surface area contributed by atoms with Crippen molar-refractivity contribution >= 4 is 39.2 Å². The number of aryl methyl sites for hydroxylation is 2. The Balaban J connectivity index is 1.91. The zero-order chi connectivity index (χ0) is 19.9. The number of piperidine rings is 1. The molecule has 148 valence electrons. The second kappa shape index (κ2) is 7.95. The molecule has 0 saturated carbocycles. The van der Waals surface area contributed by atoms with Crippen molar-refractivity contribution in [2.45, 2.75) is 84.1 Å². The van der Waals surface area contributed by atoms with E-state index in [4.69, 9.17) is 4.98 Å². The van der Waals surface area contributed by atoms with Crippen LogP contribution >= 0.6 is 23.1 Å². The van der Waals surface area contributed by atoms with Gasteiger partial charge in [0, 0.05) is 23.0 Å². The molecule has 1 amide bonds. The number of thiophene rings is 1. The molecule has 0 aromatic carbocycles. The molecule has 0 bridgehead atoms. The Labute approximate surface area is 169 Å². The Kier molecular flexibility index (Phi) is 6.01. The Bertz CT molecular complexity index is 906. The summed E-state index contributed by atoms with van der Waals surface area (Å²) in [5, 5.41) is 1.37. The predicted octanol–water partition coefficient (Wildman–Crippen LogP) is 4.54. The highest BCUT2D eigenvalue weighted by atomic mass is 32.2. The summed E-state index contributed by atoms with van der Waals surface area (Å²) in [7, 11) is 0. The minimum absolute atomic E-state index is 0.000517. The van der Waals surface area contributed by atoms with E-state index >= 15 is 0 Å². The van der Waals surface area contributed by atoms with Gasteiger partial charge in [-0.2, -0.15) is 0 Å². The third-order valence-electron chi connectivity index (χ3n) is 5.53. The van der Waals surface area contributed by atoms with Crippen LogP contribution in [0.4, 0.5) is 0 Å². The smallest absolute Gasteiger partial charge is 0.263 e. The van der Waals surface area contributed by atoms with Gasteiger partial charge in [0.1, 0.15) is 4.83 Å². The van der Waals surface area contributed by atoms with Crippen LogP contribution in [0.25, 0.3) is 10.2 Å². The van der Waals surface area contributed by atoms with Gasteiger partial charge < -0.3 is 4.90 Å². The van der Waals surface area contributed by atoms with Crippen LogP contribution in [-0.4, -0.2) is 38.2 Å². The average molecular weight is 408 g/mol. The quantitative estimate of drug-likeness (QED) is 0.552. The Hall–Kier alpha value is -1.34. The number of nitrogens with zero attached hydrogens (tertiary/aromatic N) is 3. The summed E-state index contributed by atoms with van der Waals surface area (Å²) in [5.41, 5.74) is 1.03. The minimum Gasteiger partial charge on any atom is -0.337 e. The molecule has 0 unspecified atom stereocenters. The van der Waals surface area contributed by atoms with E-state index in [-0.39, 0.29) is 29.6 Å². The van der Waals surface area contributed by atoms with Gasteiger partial charge in [0.25, 0.3) is 5.56 Å². The Morgan fingerprint density at radius 1 is 1.26 bits per heavy atom. The summed E-state index contributed by atoms with van der Waals surface area (Å²) in [6.45, 7) is 12.2. The van der Waals surface area contributed by atoms with E-state index in [1.54, 1.807) is 15.9 Å². The number of aromatic nitrogens is 2. The van der Waals surface area contributed by atoms with Gasteiger partial charge in [0.15, 0.2) is 5.16 Å². The monoisotopic (exact) mass is 407 g/mol. The number of rotatable bonds is 4. The van der Waals surface area contributed by atoms with Crippen molar-refractivity contribution in [3.8, 4) is 0 Å². The normalized spacial score (nSPS) is 20.6. The molecular weight excluding hydrogens is 378 g/mol. The maximum absolute atomic E-state index is 13.1. The van der Waals surface area contributed by atoms with Crippen LogP contribution in [0.3, 0.4) is 0 Å². The average Bonchev–Trinajstić information content (AvgIpc) is 2.87. The van der Waals surface area contributed by atoms with Crippen LogP contribution in [0.5, 0.6) is 0 Å². The molecule has 0 aliphatic carbocycles. The number of carbonyl (C=O) groups is 1. The summed E-state index contributed by atoms with van der Waals surface area (Å²) in [4.78, 5) is 34.7. The molecule has 0 N–H and O–H groups in total. The number of fused-ring (bicyclic) bond motifs is 1. The molecule has 1 aliphatic rings. The third kappa shape index (κ3) is 3.81. The topological polar surface area (TPSA) is 55.2 Å². The molecule has 7 heteroatoms. The number of carbonyl (C=O) groups excluding carboxylic acids is 1. The number of amides is 1. The van der Waals surface area contributed by atoms with Crippen molar-refractivity contribution in [3.63, 3.8) is 0 Å². The van der Waals surface area contributed by atoms with Gasteiger partial charge in [-0.15, -0.1) is 11.3 Å². The van der Waals surface area contributed by atoms with Gasteiger partial charge in [0.2, 0.25) is 5.91 Å². The fraction of sp³-hybridized carbons (Fsp3) is 0.650. The first-order valence-electron chi connectivity index (χ1n) is 9.68. The Morgan fingerprint density at radius 3 is 2.48 bits per heavy atom. The van der Waals surface area contributed by atoms with Crippen molar-refractivity contribution in [3.05, 3.63) is 20.8 Å². The molecule has 1 aliphatic heterocycles. The van der Waals surface area contributed by atoms with E-state index in [0.29, 0.717) is 10.9 Å². The molecule has 1 saturated heterocycles. The highest BCUT2D eigenvalue weighted by Gasteiger charge is 2.29. The molecule has 3 rings (SSSR count). The number of hydrogen-bond donors (Lipinski definition) is 0. The highest BCUT2D eigenvalue weighted by Crippen LogP contribution is 2.30. The molecule has 5 nitrogen and oxygen atoms in total. The van der Waals surface area contributed by atoms with Crippen molar-refractivity contribution in [1.82, 2.24) is 14.5 Å². The number of thioether (sulfide) groups is 1. The standard InChI is InChI=1S/C20H29N3O2S2/c1-11(2)22-19(25)17-14(5)15(6)27-18(17)21-20(22)26-10-16(24)23-12(3)8-7-9-13(23)4/h11-13H,7-10H2,1-6H3/t12-,13-/m1/s1. The van der Waals surface area contributed by atoms with Crippen LogP contribution in [-0.2, 0) is 4.79 Å². The van der Waals surface area contributed by atoms with Crippen LogP contribution in [0.1, 0.15) is 63.4 Å². The largest absolute Gasteiger partial charge is 0.337 e. The fourth-order valence-corrected chi connectivity index (χ4v) is 6.03. The zero-order valence-electron chi connectivity index (χ0n) is 17.0. The number of hydrogen-bond acceptors (Lipinski definition) is 5. The number of likely N-dealkylation sites (tertiary alicyclic amines) is 1. The van der Waals surface area contributed by atoms with E-state index in [2.05, 4.69) is 13.8 Å². The molecule has 2 aromatic rings. The van der Waals surface area contributed by atoms with Gasteiger partial charge in [-0.1, -0.05) is 11.8 Å². The minimum atomic E-state index is -0.000517. The van der Waals surface area contributed by atoms with E-state index < -0.39 is 0 Å². The van der Waals surface area contributed by atoms with Gasteiger partial charge in [0.05, 0.1) is 11.1 Å². The molecule has 0 spiro atoms. The lowest BCUT2D eigenvalue weighted by Gasteiger charge is -2.39. The summed E-state index contributed by atoms with van der Waals surface area (Å²) in [5.74, 6) is 0.464. The second-order valence-corrected chi connectivity index (χ2v) is 9.99. The second-order valence-electron chi connectivity index (χ2n) is 7.85. The predicted molar refractivity (Wildman–Crippen MR) is 114 cm³/mol. The lowest BCUT2D eigenvalue weighted by molar-refractivity contribution is -0.134. The van der Waals surface area contributed by atoms with Crippen molar-refractivity contribution in [1.29, 1.82) is 0 Å². The summed E-state index contributed by atoms with van der Waals surface area (Å²) in [6.07, 6.45) is 3.31. The first kappa shape index (κ1) is 20.4. The Morgan fingerprint density at radius 2 is 1.89 bits per heavy atom. The van der Waals surface area contributed by atoms with E-state index in [9.17, 15) is 9.59 Å². The summed E-state index contributed by atoms with van der Waals surface area (Å²) < 4.78 is 1.74. The van der Waals surface area contributed by atoms with Gasteiger partial charge in [-0.25, -0.2) is 4.98 Å². The van der Waals surface area contributed by atoms with Crippen molar-refractivity contribution in [2.75, 3.05) is 5.75 Å². The van der Waals surface area contributed by atoms with Gasteiger partial charge in [-0.05, 0) is 66.4 Å². The lowest BCUT2D eigenvalue weighted by atomic mass is 9.98. The molecule has 27 heavy (non-hydrogen) atoms. The molecular formula is C20H29N3O2S2. The van der Waals surface area contributed by atoms with E-state index in [0.717, 1.165) is 33.5 Å². The van der Waals surface area contributed by atoms with E-state index in [1.807, 2.05) is 32.6 Å². The lowest BCUT2D eigenvalue weighted by Crippen LogP contribution is -2.48. The zero-order valence-corrected chi connectivity index (χ0v) is 18.7. The van der Waals surface area contributed by atoms with Crippen LogP contribution in [0, 0.1) is 13.8 Å². The van der Waals surface area contributed by atoms with Gasteiger partial charge in [-0.3, -0.25) is 14.2 Å². The van der Waals surface area contributed by atoms with Crippen LogP contribution < -0.4 is 5.56 Å². The van der Waals surface area contributed by atoms with Crippen LogP contribution in [0.2, 0.25) is 0 Å². The highest BCUT2D eigenvalue weighted by molar-refractivity contribution is 7.99. The third-order valence-corrected chi connectivity index (χ3v) is 7.56. The summed E-state index contributed by atoms with van der Waals surface area (Å²) >= 11 is 2.95. The summed E-state index contributed by atoms with van der Waals surface area (Å²) in [6, 6.07) is 0.568. The fourth-order valence-electron chi connectivity index (χ4n) is 3.96. The first-order chi connectivity index (χ1) is 12.7. The van der Waals surface area contributed by atoms with Crippen LogP contribution in [0.15, 0.2) is 9.95 Å². The molecule has 2 atom stereocenters. The van der Waals surface area contributed by atoms with Gasteiger partial charge >= 0.3 is 0 Å². The van der Waals surface area contributed by atoms with Crippen molar-refractivity contribution < 1.29 is 4.79 Å². The molecule has 1 fully saturated rings.